The van der Waals surface area contributed by atoms with Gasteiger partial charge in [0.25, 0.3) is 0 Å². The van der Waals surface area contributed by atoms with Gasteiger partial charge in [0.05, 0.1) is 17.2 Å². The normalized spacial score (nSPS) is 25.5. The number of hydrogen-bond acceptors (Lipinski definition) is 4. The van der Waals surface area contributed by atoms with Gasteiger partial charge in [0.1, 0.15) is 15.7 Å². The molecule has 1 N–H and O–H groups in total. The molecule has 0 radical (unpaired) electrons. The Morgan fingerprint density at radius 1 is 1.29 bits per heavy atom. The zero-order chi connectivity index (χ0) is 15.2. The Hall–Kier alpha value is -1.37. The summed E-state index contributed by atoms with van der Waals surface area (Å²) >= 11 is 0. The molecule has 1 saturated heterocycles. The standard InChI is InChI=1S/C14H20N2O4S/c1-9-2-5-16-11(8-9)12(14(17)18)15-13(16)10-3-6-21(19,20)7-4-10/h9-10H,2-8H2,1H3,(H,17,18). The fraction of sp³-hybridized carbons (Fsp3) is 0.714. The van der Waals surface area contributed by atoms with Crippen molar-refractivity contribution in [3.05, 3.63) is 17.2 Å². The molecule has 116 valence electrons. The number of nitrogens with zero attached hydrogens (tertiary/aromatic N) is 2. The lowest BCUT2D eigenvalue weighted by Gasteiger charge is -2.26. The van der Waals surface area contributed by atoms with E-state index in [2.05, 4.69) is 11.9 Å². The van der Waals surface area contributed by atoms with Crippen LogP contribution in [0.5, 0.6) is 0 Å². The Bertz CT molecular complexity index is 663. The minimum atomic E-state index is -2.92. The van der Waals surface area contributed by atoms with Gasteiger partial charge in [-0.05, 0) is 31.6 Å². The molecule has 3 rings (SSSR count). The van der Waals surface area contributed by atoms with Crippen LogP contribution in [0.3, 0.4) is 0 Å². The van der Waals surface area contributed by atoms with Crippen molar-refractivity contribution in [1.82, 2.24) is 9.55 Å². The van der Waals surface area contributed by atoms with Gasteiger partial charge >= 0.3 is 5.97 Å². The van der Waals surface area contributed by atoms with Crippen LogP contribution < -0.4 is 0 Å². The number of rotatable bonds is 2. The first-order chi connectivity index (χ1) is 9.87. The topological polar surface area (TPSA) is 89.3 Å². The van der Waals surface area contributed by atoms with Crippen LogP contribution in [0.2, 0.25) is 0 Å². The van der Waals surface area contributed by atoms with Crippen LogP contribution in [-0.4, -0.2) is 40.6 Å². The maximum atomic E-state index is 11.6. The highest BCUT2D eigenvalue weighted by Gasteiger charge is 2.33. The first kappa shape index (κ1) is 14.6. The molecular weight excluding hydrogens is 292 g/mol. The number of carboxylic acids is 1. The Morgan fingerprint density at radius 2 is 1.95 bits per heavy atom. The van der Waals surface area contributed by atoms with E-state index in [0.29, 0.717) is 18.8 Å². The Morgan fingerprint density at radius 3 is 2.57 bits per heavy atom. The highest BCUT2D eigenvalue weighted by Crippen LogP contribution is 2.33. The van der Waals surface area contributed by atoms with E-state index in [1.807, 2.05) is 4.57 Å². The summed E-state index contributed by atoms with van der Waals surface area (Å²) < 4.78 is 25.1. The summed E-state index contributed by atoms with van der Waals surface area (Å²) in [4.78, 5) is 15.8. The average Bonchev–Trinajstić information content (AvgIpc) is 2.77. The van der Waals surface area contributed by atoms with Crippen molar-refractivity contribution in [3.63, 3.8) is 0 Å². The zero-order valence-electron chi connectivity index (χ0n) is 12.1. The third-order valence-electron chi connectivity index (χ3n) is 4.61. The van der Waals surface area contributed by atoms with Crippen molar-refractivity contribution in [2.24, 2.45) is 5.92 Å². The van der Waals surface area contributed by atoms with Crippen LogP contribution in [0.15, 0.2) is 0 Å². The van der Waals surface area contributed by atoms with Crippen molar-refractivity contribution in [1.29, 1.82) is 0 Å². The number of aromatic nitrogens is 2. The molecular formula is C14H20N2O4S. The van der Waals surface area contributed by atoms with Gasteiger partial charge < -0.3 is 9.67 Å². The first-order valence-corrected chi connectivity index (χ1v) is 9.22. The largest absolute Gasteiger partial charge is 0.476 e. The second-order valence-electron chi connectivity index (χ2n) is 6.25. The molecule has 7 heteroatoms. The van der Waals surface area contributed by atoms with Crippen molar-refractivity contribution >= 4 is 15.8 Å². The molecule has 1 aromatic rings. The van der Waals surface area contributed by atoms with Crippen molar-refractivity contribution in [2.45, 2.75) is 45.1 Å². The molecule has 0 spiro atoms. The molecule has 6 nitrogen and oxygen atoms in total. The second-order valence-corrected chi connectivity index (χ2v) is 8.55. The summed E-state index contributed by atoms with van der Waals surface area (Å²) in [5.74, 6) is 0.685. The predicted octanol–water partition coefficient (Wildman–Crippen LogP) is 1.46. The number of aromatic carboxylic acids is 1. The number of fused-ring (bicyclic) bond motifs is 1. The van der Waals surface area contributed by atoms with E-state index < -0.39 is 15.8 Å². The van der Waals surface area contributed by atoms with E-state index in [-0.39, 0.29) is 23.1 Å². The number of sulfone groups is 1. The van der Waals surface area contributed by atoms with E-state index in [1.165, 1.54) is 0 Å². The van der Waals surface area contributed by atoms with Crippen molar-refractivity contribution in [3.8, 4) is 0 Å². The third-order valence-corrected chi connectivity index (χ3v) is 6.33. The fourth-order valence-electron chi connectivity index (χ4n) is 3.37. The Balaban J connectivity index is 1.96. The van der Waals surface area contributed by atoms with Crippen LogP contribution >= 0.6 is 0 Å². The highest BCUT2D eigenvalue weighted by molar-refractivity contribution is 7.91. The summed E-state index contributed by atoms with van der Waals surface area (Å²) in [6, 6.07) is 0. The summed E-state index contributed by atoms with van der Waals surface area (Å²) in [5, 5.41) is 9.35. The Labute approximate surface area is 124 Å². The highest BCUT2D eigenvalue weighted by atomic mass is 32.2. The molecule has 1 aromatic heterocycles. The average molecular weight is 312 g/mol. The van der Waals surface area contributed by atoms with Crippen molar-refractivity contribution in [2.75, 3.05) is 11.5 Å². The van der Waals surface area contributed by atoms with E-state index in [9.17, 15) is 18.3 Å². The van der Waals surface area contributed by atoms with Crippen LogP contribution in [0.1, 0.15) is 54.1 Å². The minimum absolute atomic E-state index is 0.0637. The fourth-order valence-corrected chi connectivity index (χ4v) is 4.87. The summed E-state index contributed by atoms with van der Waals surface area (Å²) in [6.07, 6.45) is 2.85. The number of hydrogen-bond donors (Lipinski definition) is 1. The molecule has 21 heavy (non-hydrogen) atoms. The van der Waals surface area contributed by atoms with Gasteiger partial charge in [-0.1, -0.05) is 6.92 Å². The quantitative estimate of drug-likeness (QED) is 0.893. The summed E-state index contributed by atoms with van der Waals surface area (Å²) in [7, 11) is -2.92. The van der Waals surface area contributed by atoms with Crippen LogP contribution in [0, 0.1) is 5.92 Å². The molecule has 1 atom stereocenters. The number of imidazole rings is 1. The third kappa shape index (κ3) is 2.71. The molecule has 2 aliphatic heterocycles. The van der Waals surface area contributed by atoms with E-state index in [4.69, 9.17) is 0 Å². The zero-order valence-corrected chi connectivity index (χ0v) is 12.9. The van der Waals surface area contributed by atoms with Crippen LogP contribution in [0.4, 0.5) is 0 Å². The van der Waals surface area contributed by atoms with Gasteiger partial charge in [-0.25, -0.2) is 18.2 Å². The smallest absolute Gasteiger partial charge is 0.356 e. The lowest BCUT2D eigenvalue weighted by Crippen LogP contribution is -2.26. The van der Waals surface area contributed by atoms with Crippen molar-refractivity contribution < 1.29 is 18.3 Å². The molecule has 1 unspecified atom stereocenters. The molecule has 0 aromatic carbocycles. The lowest BCUT2D eigenvalue weighted by atomic mass is 9.96. The van der Waals surface area contributed by atoms with Gasteiger partial charge in [0.2, 0.25) is 0 Å². The maximum absolute atomic E-state index is 11.6. The molecule has 0 amide bonds. The van der Waals surface area contributed by atoms with Gasteiger partial charge in [0.15, 0.2) is 5.69 Å². The molecule has 0 aliphatic carbocycles. The minimum Gasteiger partial charge on any atom is -0.476 e. The molecule has 1 fully saturated rings. The van der Waals surface area contributed by atoms with E-state index in [0.717, 1.165) is 30.9 Å². The van der Waals surface area contributed by atoms with Gasteiger partial charge in [0, 0.05) is 12.5 Å². The van der Waals surface area contributed by atoms with E-state index >= 15 is 0 Å². The van der Waals surface area contributed by atoms with Gasteiger partial charge in [-0.3, -0.25) is 0 Å². The molecule has 0 saturated carbocycles. The van der Waals surface area contributed by atoms with Crippen LogP contribution in [0.25, 0.3) is 0 Å². The number of carboxylic acid groups (broad SMARTS) is 1. The predicted molar refractivity (Wildman–Crippen MR) is 77.3 cm³/mol. The molecule has 2 aliphatic rings. The SMILES string of the molecule is CC1CCn2c(C3CCS(=O)(=O)CC3)nc(C(=O)O)c2C1. The van der Waals surface area contributed by atoms with E-state index in [1.54, 1.807) is 0 Å². The second kappa shape index (κ2) is 5.12. The van der Waals surface area contributed by atoms with Gasteiger partial charge in [-0.2, -0.15) is 0 Å². The van der Waals surface area contributed by atoms with Gasteiger partial charge in [-0.15, -0.1) is 0 Å². The lowest BCUT2D eigenvalue weighted by molar-refractivity contribution is 0.0688. The monoisotopic (exact) mass is 312 g/mol. The van der Waals surface area contributed by atoms with Crippen LogP contribution in [-0.2, 0) is 22.8 Å². The molecule has 0 bridgehead atoms. The summed E-state index contributed by atoms with van der Waals surface area (Å²) in [5.41, 5.74) is 0.967. The Kier molecular flexibility index (Phi) is 3.55. The summed E-state index contributed by atoms with van der Waals surface area (Å²) in [6.45, 7) is 2.91. The number of carbonyl (C=O) groups is 1. The maximum Gasteiger partial charge on any atom is 0.356 e. The molecule has 3 heterocycles. The first-order valence-electron chi connectivity index (χ1n) is 7.40.